The Balaban J connectivity index is 1.93. The lowest BCUT2D eigenvalue weighted by Gasteiger charge is -2.24. The van der Waals surface area contributed by atoms with Crippen LogP contribution in [0.4, 0.5) is 0 Å². The summed E-state index contributed by atoms with van der Waals surface area (Å²) in [6.07, 6.45) is 1.80. The Morgan fingerprint density at radius 1 is 1.15 bits per heavy atom. The summed E-state index contributed by atoms with van der Waals surface area (Å²) >= 11 is 4.76. The predicted octanol–water partition coefficient (Wildman–Crippen LogP) is 3.10. The van der Waals surface area contributed by atoms with Crippen molar-refractivity contribution < 1.29 is 19.1 Å². The zero-order valence-electron chi connectivity index (χ0n) is 18.0. The molecule has 0 N–H and O–H groups in total. The topological polar surface area (TPSA) is 87.0 Å². The number of hydrogen-bond acceptors (Lipinski definition) is 7. The maximum atomic E-state index is 13.5. The van der Waals surface area contributed by atoms with E-state index < -0.39 is 18.0 Å². The van der Waals surface area contributed by atoms with Gasteiger partial charge in [-0.2, -0.15) is 0 Å². The minimum atomic E-state index is -0.735. The molecule has 0 saturated carbocycles. The van der Waals surface area contributed by atoms with Crippen LogP contribution in [0, 0.1) is 0 Å². The van der Waals surface area contributed by atoms with Gasteiger partial charge in [0.05, 0.1) is 29.0 Å². The van der Waals surface area contributed by atoms with Crippen LogP contribution in [0.1, 0.15) is 31.0 Å². The van der Waals surface area contributed by atoms with Crippen molar-refractivity contribution in [3.63, 3.8) is 0 Å². The van der Waals surface area contributed by atoms with Crippen LogP contribution in [0.25, 0.3) is 6.08 Å². The Labute approximate surface area is 201 Å². The number of carbonyl (C=O) groups excluding carboxylic acids is 2. The second-order valence-corrected chi connectivity index (χ2v) is 9.12. The Morgan fingerprint density at radius 2 is 1.85 bits per heavy atom. The summed E-state index contributed by atoms with van der Waals surface area (Å²) in [5.74, 6) is -0.632. The molecule has 0 unspecified atom stereocenters. The molecular formula is C24H19BrN2O5S. The van der Waals surface area contributed by atoms with E-state index in [4.69, 9.17) is 9.47 Å². The molecule has 1 aliphatic heterocycles. The van der Waals surface area contributed by atoms with E-state index >= 15 is 0 Å². The molecule has 4 rings (SSSR count). The van der Waals surface area contributed by atoms with E-state index in [1.807, 2.05) is 24.3 Å². The first-order valence-corrected chi connectivity index (χ1v) is 11.5. The van der Waals surface area contributed by atoms with Crippen LogP contribution in [0.5, 0.6) is 5.75 Å². The van der Waals surface area contributed by atoms with Gasteiger partial charge in [0, 0.05) is 11.4 Å². The quantitative estimate of drug-likeness (QED) is 0.385. The summed E-state index contributed by atoms with van der Waals surface area (Å²) in [7, 11) is 1.29. The van der Waals surface area contributed by atoms with Gasteiger partial charge >= 0.3 is 11.9 Å². The third-order valence-electron chi connectivity index (χ3n) is 5.08. The van der Waals surface area contributed by atoms with Crippen molar-refractivity contribution in [3.8, 4) is 5.75 Å². The van der Waals surface area contributed by atoms with Gasteiger partial charge in [-0.1, -0.05) is 57.6 Å². The SMILES string of the molecule is COC(=O)C1=C(C)N=c2s/c(=C\c3ccccc3Br)c(=O)n2[C@H]1c1ccc(OC(C)=O)cc1. The number of carbonyl (C=O) groups is 2. The fraction of sp³-hybridized carbons (Fsp3) is 0.167. The van der Waals surface area contributed by atoms with E-state index in [1.165, 1.54) is 29.9 Å². The molecule has 33 heavy (non-hydrogen) atoms. The summed E-state index contributed by atoms with van der Waals surface area (Å²) < 4.78 is 13.0. The van der Waals surface area contributed by atoms with Gasteiger partial charge in [0.1, 0.15) is 5.75 Å². The summed E-state index contributed by atoms with van der Waals surface area (Å²) in [5.41, 5.74) is 2.00. The highest BCUT2D eigenvalue weighted by atomic mass is 79.9. The molecule has 0 amide bonds. The number of rotatable bonds is 4. The first-order chi connectivity index (χ1) is 15.8. The number of aromatic nitrogens is 1. The van der Waals surface area contributed by atoms with E-state index in [2.05, 4.69) is 20.9 Å². The van der Waals surface area contributed by atoms with Crippen molar-refractivity contribution >= 4 is 45.3 Å². The van der Waals surface area contributed by atoms with Crippen LogP contribution in [0.3, 0.4) is 0 Å². The molecule has 0 radical (unpaired) electrons. The van der Waals surface area contributed by atoms with E-state index in [9.17, 15) is 14.4 Å². The molecule has 1 aliphatic rings. The average Bonchev–Trinajstić information content (AvgIpc) is 3.08. The minimum absolute atomic E-state index is 0.266. The number of ether oxygens (including phenoxy) is 2. The summed E-state index contributed by atoms with van der Waals surface area (Å²) in [4.78, 5) is 42.5. The second kappa shape index (κ2) is 9.29. The van der Waals surface area contributed by atoms with Gasteiger partial charge in [0.15, 0.2) is 4.80 Å². The summed E-state index contributed by atoms with van der Waals surface area (Å²) in [6.45, 7) is 3.04. The van der Waals surface area contributed by atoms with Gasteiger partial charge in [-0.15, -0.1) is 0 Å². The Bertz CT molecular complexity index is 1470. The van der Waals surface area contributed by atoms with Gasteiger partial charge in [0.2, 0.25) is 0 Å². The molecule has 0 saturated heterocycles. The van der Waals surface area contributed by atoms with E-state index in [1.54, 1.807) is 37.3 Å². The molecule has 168 valence electrons. The number of thiazole rings is 1. The molecule has 1 aromatic heterocycles. The molecule has 9 heteroatoms. The standard InChI is InChI=1S/C24H19BrN2O5S/c1-13-20(23(30)31-3)21(15-8-10-17(11-9-15)32-14(2)28)27-22(29)19(33-24(27)26-13)12-16-6-4-5-7-18(16)25/h4-12,21H,1-3H3/b19-12-/t21-/m0/s1. The monoisotopic (exact) mass is 526 g/mol. The number of esters is 2. The van der Waals surface area contributed by atoms with Crippen molar-refractivity contribution in [3.05, 3.63) is 95.1 Å². The first-order valence-electron chi connectivity index (χ1n) is 9.94. The molecule has 1 atom stereocenters. The Hall–Kier alpha value is -3.30. The number of allylic oxidation sites excluding steroid dienone is 1. The molecular weight excluding hydrogens is 508 g/mol. The average molecular weight is 527 g/mol. The molecule has 7 nitrogen and oxygen atoms in total. The highest BCUT2D eigenvalue weighted by molar-refractivity contribution is 9.10. The zero-order valence-corrected chi connectivity index (χ0v) is 20.4. The predicted molar refractivity (Wildman–Crippen MR) is 128 cm³/mol. The summed E-state index contributed by atoms with van der Waals surface area (Å²) in [6, 6.07) is 13.5. The minimum Gasteiger partial charge on any atom is -0.466 e. The van der Waals surface area contributed by atoms with Crippen molar-refractivity contribution in [2.24, 2.45) is 4.99 Å². The first kappa shape index (κ1) is 22.9. The molecule has 2 heterocycles. The van der Waals surface area contributed by atoms with Gasteiger partial charge in [-0.3, -0.25) is 14.2 Å². The van der Waals surface area contributed by atoms with E-state index in [0.29, 0.717) is 26.3 Å². The maximum absolute atomic E-state index is 13.5. The van der Waals surface area contributed by atoms with Crippen LogP contribution in [-0.2, 0) is 14.3 Å². The molecule has 2 aromatic carbocycles. The molecule has 0 spiro atoms. The van der Waals surface area contributed by atoms with Crippen LogP contribution in [0.2, 0.25) is 0 Å². The third kappa shape index (κ3) is 4.46. The Kier molecular flexibility index (Phi) is 6.44. The molecule has 0 bridgehead atoms. The molecule has 0 aliphatic carbocycles. The number of fused-ring (bicyclic) bond motifs is 1. The largest absolute Gasteiger partial charge is 0.466 e. The van der Waals surface area contributed by atoms with Crippen LogP contribution >= 0.6 is 27.3 Å². The Morgan fingerprint density at radius 3 is 2.48 bits per heavy atom. The van der Waals surface area contributed by atoms with Crippen molar-refractivity contribution in [1.82, 2.24) is 4.57 Å². The normalized spacial score (nSPS) is 15.6. The number of benzene rings is 2. The van der Waals surface area contributed by atoms with Gasteiger partial charge in [0.25, 0.3) is 5.56 Å². The van der Waals surface area contributed by atoms with Crippen molar-refractivity contribution in [2.45, 2.75) is 19.9 Å². The van der Waals surface area contributed by atoms with Crippen LogP contribution < -0.4 is 19.6 Å². The number of methoxy groups -OCH3 is 1. The fourth-order valence-corrected chi connectivity index (χ4v) is 5.06. The summed E-state index contributed by atoms with van der Waals surface area (Å²) in [5, 5.41) is 0. The highest BCUT2D eigenvalue weighted by Gasteiger charge is 2.33. The van der Waals surface area contributed by atoms with Gasteiger partial charge < -0.3 is 9.47 Å². The van der Waals surface area contributed by atoms with Gasteiger partial charge in [-0.25, -0.2) is 9.79 Å². The molecule has 3 aromatic rings. The van der Waals surface area contributed by atoms with Crippen molar-refractivity contribution in [2.75, 3.05) is 7.11 Å². The lowest BCUT2D eigenvalue weighted by atomic mass is 9.96. The lowest BCUT2D eigenvalue weighted by molar-refractivity contribution is -0.136. The number of nitrogens with zero attached hydrogens (tertiary/aromatic N) is 2. The van der Waals surface area contributed by atoms with E-state index in [0.717, 1.165) is 10.0 Å². The van der Waals surface area contributed by atoms with Crippen molar-refractivity contribution in [1.29, 1.82) is 0 Å². The van der Waals surface area contributed by atoms with Gasteiger partial charge in [-0.05, 0) is 42.3 Å². The van der Waals surface area contributed by atoms with Crippen LogP contribution in [0.15, 0.2) is 74.1 Å². The smallest absolute Gasteiger partial charge is 0.338 e. The maximum Gasteiger partial charge on any atom is 0.338 e. The zero-order chi connectivity index (χ0) is 23.7. The number of halogens is 1. The number of hydrogen-bond donors (Lipinski definition) is 0. The van der Waals surface area contributed by atoms with Crippen LogP contribution in [-0.4, -0.2) is 23.6 Å². The fourth-order valence-electron chi connectivity index (χ4n) is 3.63. The second-order valence-electron chi connectivity index (χ2n) is 7.26. The highest BCUT2D eigenvalue weighted by Crippen LogP contribution is 2.31. The molecule has 0 fully saturated rings. The third-order valence-corrected chi connectivity index (χ3v) is 6.78. The van der Waals surface area contributed by atoms with E-state index in [-0.39, 0.29) is 11.1 Å². The lowest BCUT2D eigenvalue weighted by Crippen LogP contribution is -2.39.